The summed E-state index contributed by atoms with van der Waals surface area (Å²) in [6, 6.07) is 9.80. The van der Waals surface area contributed by atoms with Crippen LogP contribution in [-0.2, 0) is 16.0 Å². The highest BCUT2D eigenvalue weighted by molar-refractivity contribution is 6.30. The third-order valence-corrected chi connectivity index (χ3v) is 5.71. The summed E-state index contributed by atoms with van der Waals surface area (Å²) in [6.45, 7) is 6.19. The molecule has 29 heavy (non-hydrogen) atoms. The van der Waals surface area contributed by atoms with E-state index in [1.807, 2.05) is 35.4 Å². The molecule has 2 aliphatic heterocycles. The molecule has 0 atom stereocenters. The Hall–Kier alpha value is -2.38. The highest BCUT2D eigenvalue weighted by atomic mass is 35.5. The topological polar surface area (TPSA) is 61.8 Å². The van der Waals surface area contributed by atoms with Crippen LogP contribution in [0.5, 0.6) is 0 Å². The fraction of sp³-hybridized carbons (Fsp3) is 0.476. The van der Waals surface area contributed by atoms with Gasteiger partial charge in [-0.15, -0.1) is 5.10 Å². The van der Waals surface area contributed by atoms with Crippen molar-refractivity contribution in [3.63, 3.8) is 0 Å². The molecule has 0 spiro atoms. The van der Waals surface area contributed by atoms with Crippen LogP contribution in [0.3, 0.4) is 0 Å². The minimum Gasteiger partial charge on any atom is -0.378 e. The lowest BCUT2D eigenvalue weighted by atomic mass is 10.1. The second-order valence-electron chi connectivity index (χ2n) is 7.37. The SMILES string of the molecule is O=C(CCc1cccc(Cl)c1)N1CCN(c2cc(N3CCOCC3)cnn2)CC1. The van der Waals surface area contributed by atoms with Gasteiger partial charge in [0.1, 0.15) is 0 Å². The molecule has 2 aromatic rings. The first-order valence-corrected chi connectivity index (χ1v) is 10.5. The van der Waals surface area contributed by atoms with Crippen molar-refractivity contribution in [1.29, 1.82) is 0 Å². The summed E-state index contributed by atoms with van der Waals surface area (Å²) in [5, 5.41) is 9.22. The number of rotatable bonds is 5. The van der Waals surface area contributed by atoms with Crippen LogP contribution in [0.2, 0.25) is 5.02 Å². The quantitative estimate of drug-likeness (QED) is 0.746. The van der Waals surface area contributed by atoms with Crippen LogP contribution in [0.1, 0.15) is 12.0 Å². The molecule has 0 aliphatic carbocycles. The van der Waals surface area contributed by atoms with Crippen LogP contribution >= 0.6 is 11.6 Å². The van der Waals surface area contributed by atoms with Crippen LogP contribution in [-0.4, -0.2) is 73.5 Å². The van der Waals surface area contributed by atoms with Gasteiger partial charge in [0.2, 0.25) is 5.91 Å². The average molecular weight is 416 g/mol. The molecular weight excluding hydrogens is 390 g/mol. The first-order chi connectivity index (χ1) is 14.2. The molecule has 154 valence electrons. The highest BCUT2D eigenvalue weighted by Crippen LogP contribution is 2.21. The second kappa shape index (κ2) is 9.41. The molecule has 0 N–H and O–H groups in total. The monoisotopic (exact) mass is 415 g/mol. The average Bonchev–Trinajstić information content (AvgIpc) is 2.78. The Morgan fingerprint density at radius 3 is 2.59 bits per heavy atom. The van der Waals surface area contributed by atoms with Crippen LogP contribution in [0.25, 0.3) is 0 Å². The van der Waals surface area contributed by atoms with Gasteiger partial charge in [-0.2, -0.15) is 5.10 Å². The minimum atomic E-state index is 0.192. The van der Waals surface area contributed by atoms with Gasteiger partial charge in [0, 0.05) is 56.8 Å². The molecule has 7 nitrogen and oxygen atoms in total. The van der Waals surface area contributed by atoms with E-state index in [4.69, 9.17) is 16.3 Å². The zero-order chi connectivity index (χ0) is 20.1. The maximum atomic E-state index is 12.6. The number of morpholine rings is 1. The summed E-state index contributed by atoms with van der Waals surface area (Å²) in [5.41, 5.74) is 2.18. The summed E-state index contributed by atoms with van der Waals surface area (Å²) in [6.07, 6.45) is 3.03. The minimum absolute atomic E-state index is 0.192. The zero-order valence-corrected chi connectivity index (χ0v) is 17.2. The number of aromatic nitrogens is 2. The van der Waals surface area contributed by atoms with Gasteiger partial charge in [-0.3, -0.25) is 4.79 Å². The lowest BCUT2D eigenvalue weighted by molar-refractivity contribution is -0.131. The molecule has 2 aliphatic rings. The van der Waals surface area contributed by atoms with E-state index >= 15 is 0 Å². The lowest BCUT2D eigenvalue weighted by Crippen LogP contribution is -2.49. The number of halogens is 1. The van der Waals surface area contributed by atoms with Crippen molar-refractivity contribution in [1.82, 2.24) is 15.1 Å². The molecule has 2 fully saturated rings. The molecule has 0 bridgehead atoms. The number of carbonyl (C=O) groups excluding carboxylic acids is 1. The molecule has 1 aromatic carbocycles. The number of ether oxygens (including phenoxy) is 1. The standard InChI is InChI=1S/C21H26ClN5O2/c22-18-3-1-2-17(14-18)4-5-21(28)27-8-6-26(7-9-27)20-15-19(16-23-24-20)25-10-12-29-13-11-25/h1-3,14-16H,4-13H2. The predicted octanol–water partition coefficient (Wildman–Crippen LogP) is 2.25. The smallest absolute Gasteiger partial charge is 0.223 e. The Balaban J connectivity index is 1.29. The van der Waals surface area contributed by atoms with E-state index in [1.54, 1.807) is 0 Å². The Labute approximate surface area is 176 Å². The van der Waals surface area contributed by atoms with E-state index in [2.05, 4.69) is 26.1 Å². The summed E-state index contributed by atoms with van der Waals surface area (Å²) >= 11 is 6.02. The predicted molar refractivity (Wildman–Crippen MR) is 114 cm³/mol. The molecule has 0 saturated carbocycles. The fourth-order valence-corrected chi connectivity index (χ4v) is 3.99. The molecule has 1 aromatic heterocycles. The van der Waals surface area contributed by atoms with E-state index in [0.717, 1.165) is 56.5 Å². The Morgan fingerprint density at radius 2 is 1.83 bits per heavy atom. The first kappa shape index (κ1) is 19.9. The van der Waals surface area contributed by atoms with E-state index in [1.165, 1.54) is 0 Å². The van der Waals surface area contributed by atoms with Crippen LogP contribution in [0, 0.1) is 0 Å². The number of nitrogens with zero attached hydrogens (tertiary/aromatic N) is 5. The molecule has 3 heterocycles. The van der Waals surface area contributed by atoms with Crippen molar-refractivity contribution in [2.45, 2.75) is 12.8 Å². The van der Waals surface area contributed by atoms with Crippen molar-refractivity contribution in [2.75, 3.05) is 62.3 Å². The van der Waals surface area contributed by atoms with Gasteiger partial charge >= 0.3 is 0 Å². The second-order valence-corrected chi connectivity index (χ2v) is 7.81. The van der Waals surface area contributed by atoms with Gasteiger partial charge in [-0.1, -0.05) is 23.7 Å². The number of hydrogen-bond acceptors (Lipinski definition) is 6. The number of benzene rings is 1. The van der Waals surface area contributed by atoms with Gasteiger partial charge in [-0.25, -0.2) is 0 Å². The fourth-order valence-electron chi connectivity index (χ4n) is 3.78. The van der Waals surface area contributed by atoms with Crippen molar-refractivity contribution in [3.05, 3.63) is 47.1 Å². The third-order valence-electron chi connectivity index (χ3n) is 5.48. The van der Waals surface area contributed by atoms with Crippen molar-refractivity contribution in [2.24, 2.45) is 0 Å². The van der Waals surface area contributed by atoms with Gasteiger partial charge in [0.15, 0.2) is 5.82 Å². The van der Waals surface area contributed by atoms with Crippen molar-refractivity contribution < 1.29 is 9.53 Å². The van der Waals surface area contributed by atoms with Crippen LogP contribution in [0.4, 0.5) is 11.5 Å². The summed E-state index contributed by atoms with van der Waals surface area (Å²) in [7, 11) is 0. The number of hydrogen-bond donors (Lipinski definition) is 0. The van der Waals surface area contributed by atoms with Gasteiger partial charge in [0.25, 0.3) is 0 Å². The Morgan fingerprint density at radius 1 is 1.03 bits per heavy atom. The lowest BCUT2D eigenvalue weighted by Gasteiger charge is -2.36. The molecule has 8 heteroatoms. The molecular formula is C21H26ClN5O2. The third kappa shape index (κ3) is 5.16. The maximum Gasteiger partial charge on any atom is 0.223 e. The summed E-state index contributed by atoms with van der Waals surface area (Å²) in [5.74, 6) is 1.07. The number of amides is 1. The number of aryl methyl sites for hydroxylation is 1. The number of anilines is 2. The van der Waals surface area contributed by atoms with Crippen LogP contribution < -0.4 is 9.80 Å². The van der Waals surface area contributed by atoms with E-state index in [-0.39, 0.29) is 5.91 Å². The van der Waals surface area contributed by atoms with E-state index in [0.29, 0.717) is 31.0 Å². The molecule has 0 unspecified atom stereocenters. The van der Waals surface area contributed by atoms with Gasteiger partial charge in [-0.05, 0) is 24.1 Å². The first-order valence-electron chi connectivity index (χ1n) is 10.1. The van der Waals surface area contributed by atoms with Gasteiger partial charge in [0.05, 0.1) is 25.1 Å². The number of piperazine rings is 1. The summed E-state index contributed by atoms with van der Waals surface area (Å²) in [4.78, 5) is 19.0. The highest BCUT2D eigenvalue weighted by Gasteiger charge is 2.23. The molecule has 4 rings (SSSR count). The molecule has 1 amide bonds. The maximum absolute atomic E-state index is 12.6. The van der Waals surface area contributed by atoms with Gasteiger partial charge < -0.3 is 19.4 Å². The normalized spacial score (nSPS) is 17.5. The van der Waals surface area contributed by atoms with E-state index in [9.17, 15) is 4.79 Å². The molecule has 2 saturated heterocycles. The molecule has 0 radical (unpaired) electrons. The zero-order valence-electron chi connectivity index (χ0n) is 16.5. The van der Waals surface area contributed by atoms with E-state index < -0.39 is 0 Å². The largest absolute Gasteiger partial charge is 0.378 e. The van der Waals surface area contributed by atoms with Crippen LogP contribution in [0.15, 0.2) is 36.5 Å². The number of carbonyl (C=O) groups is 1. The van der Waals surface area contributed by atoms with Crippen molar-refractivity contribution >= 4 is 29.0 Å². The summed E-state index contributed by atoms with van der Waals surface area (Å²) < 4.78 is 5.42. The Kier molecular flexibility index (Phi) is 6.46. The Bertz CT molecular complexity index is 835. The van der Waals surface area contributed by atoms with Crippen molar-refractivity contribution in [3.8, 4) is 0 Å².